The van der Waals surface area contributed by atoms with E-state index in [1.54, 1.807) is 30.3 Å². The first-order valence-corrected chi connectivity index (χ1v) is 14.2. The molecule has 0 atom stereocenters. The molecule has 6 rings (SSSR count). The van der Waals surface area contributed by atoms with Crippen molar-refractivity contribution in [2.24, 2.45) is 0 Å². The molecule has 0 amide bonds. The van der Waals surface area contributed by atoms with Crippen LogP contribution in [0.4, 0.5) is 13.2 Å². The normalized spacial score (nSPS) is 11.8. The molecular formula is C34H23Cl2F3N4O. The third-order valence-electron chi connectivity index (χ3n) is 7.09. The Morgan fingerprint density at radius 3 is 2.23 bits per heavy atom. The lowest BCUT2D eigenvalue weighted by Gasteiger charge is -2.09. The van der Waals surface area contributed by atoms with Crippen molar-refractivity contribution >= 4 is 35.4 Å². The van der Waals surface area contributed by atoms with E-state index in [-0.39, 0.29) is 5.56 Å². The lowest BCUT2D eigenvalue weighted by Crippen LogP contribution is -2.04. The van der Waals surface area contributed by atoms with Gasteiger partial charge in [0.15, 0.2) is 0 Å². The molecule has 2 N–H and O–H groups in total. The molecule has 6 aromatic rings. The number of H-pyrrole nitrogens is 2. The molecule has 44 heavy (non-hydrogen) atoms. The summed E-state index contributed by atoms with van der Waals surface area (Å²) in [6, 6.07) is 27.1. The van der Waals surface area contributed by atoms with Gasteiger partial charge in [0, 0.05) is 29.4 Å². The Morgan fingerprint density at radius 2 is 1.55 bits per heavy atom. The van der Waals surface area contributed by atoms with Crippen LogP contribution in [0.15, 0.2) is 108 Å². The van der Waals surface area contributed by atoms with Crippen molar-refractivity contribution in [1.82, 2.24) is 19.7 Å². The highest BCUT2D eigenvalue weighted by atomic mass is 35.5. The summed E-state index contributed by atoms with van der Waals surface area (Å²) >= 11 is 12.6. The second kappa shape index (κ2) is 12.1. The first-order chi connectivity index (χ1) is 21.1. The highest BCUT2D eigenvalue weighted by Crippen LogP contribution is 2.33. The second-order valence-corrected chi connectivity index (χ2v) is 11.0. The molecule has 10 heteroatoms. The van der Waals surface area contributed by atoms with E-state index in [2.05, 4.69) is 10.2 Å². The SMILES string of the molecule is O=c1cc(-c2ccc(Cn3cc(-c4ccc(Cl)cc4Cl)nc3C=Cc3ccc(-c4cccc(C(F)(F)F)c4)cc3)cc2)[nH][nH]1. The molecule has 0 aliphatic carbocycles. The molecule has 2 heterocycles. The topological polar surface area (TPSA) is 66.5 Å². The van der Waals surface area contributed by atoms with E-state index in [4.69, 9.17) is 28.2 Å². The molecule has 0 unspecified atom stereocenters. The Kier molecular flexibility index (Phi) is 8.03. The molecule has 0 spiro atoms. The number of nitrogens with zero attached hydrogens (tertiary/aromatic N) is 2. The summed E-state index contributed by atoms with van der Waals surface area (Å²) in [5, 5.41) is 6.40. The molecule has 2 aromatic heterocycles. The average Bonchev–Trinajstić information content (AvgIpc) is 3.62. The number of rotatable bonds is 7. The molecule has 0 bridgehead atoms. The zero-order chi connectivity index (χ0) is 30.8. The van der Waals surface area contributed by atoms with E-state index in [0.717, 1.165) is 34.4 Å². The Bertz CT molecular complexity index is 2020. The molecule has 0 aliphatic rings. The van der Waals surface area contributed by atoms with Crippen molar-refractivity contribution in [3.8, 4) is 33.6 Å². The van der Waals surface area contributed by atoms with Crippen LogP contribution in [0.25, 0.3) is 45.8 Å². The minimum Gasteiger partial charge on any atom is -0.326 e. The minimum atomic E-state index is -4.40. The molecule has 220 valence electrons. The van der Waals surface area contributed by atoms with Crippen molar-refractivity contribution < 1.29 is 13.2 Å². The summed E-state index contributed by atoms with van der Waals surface area (Å²) in [5.74, 6) is 0.673. The zero-order valence-corrected chi connectivity index (χ0v) is 24.4. The van der Waals surface area contributed by atoms with Crippen LogP contribution in [-0.2, 0) is 12.7 Å². The number of aromatic amines is 2. The van der Waals surface area contributed by atoms with Gasteiger partial charge in [-0.2, -0.15) is 13.2 Å². The van der Waals surface area contributed by atoms with E-state index in [0.29, 0.717) is 44.9 Å². The third-order valence-corrected chi connectivity index (χ3v) is 7.63. The summed E-state index contributed by atoms with van der Waals surface area (Å²) in [4.78, 5) is 16.4. The largest absolute Gasteiger partial charge is 0.416 e. The van der Waals surface area contributed by atoms with Crippen LogP contribution in [0.3, 0.4) is 0 Å². The van der Waals surface area contributed by atoms with Gasteiger partial charge in [-0.25, -0.2) is 4.98 Å². The fraction of sp³-hybridized carbons (Fsp3) is 0.0588. The van der Waals surface area contributed by atoms with Gasteiger partial charge in [0.05, 0.1) is 22.0 Å². The lowest BCUT2D eigenvalue weighted by molar-refractivity contribution is -0.137. The summed E-state index contributed by atoms with van der Waals surface area (Å²) in [6.45, 7) is 0.510. The van der Waals surface area contributed by atoms with Crippen LogP contribution >= 0.6 is 23.2 Å². The molecule has 0 saturated carbocycles. The first-order valence-electron chi connectivity index (χ1n) is 13.5. The van der Waals surface area contributed by atoms with Crippen LogP contribution in [-0.4, -0.2) is 19.7 Å². The number of imidazole rings is 1. The van der Waals surface area contributed by atoms with Crippen LogP contribution in [0.1, 0.15) is 22.5 Å². The summed E-state index contributed by atoms with van der Waals surface area (Å²) in [7, 11) is 0. The third kappa shape index (κ3) is 6.56. The maximum atomic E-state index is 13.2. The van der Waals surface area contributed by atoms with Crippen LogP contribution in [0.2, 0.25) is 10.0 Å². The van der Waals surface area contributed by atoms with E-state index in [1.165, 1.54) is 12.1 Å². The number of hydrogen-bond donors (Lipinski definition) is 2. The fourth-order valence-electron chi connectivity index (χ4n) is 4.82. The standard InChI is InChI=1S/C34H23Cl2F3N4O/c35-27-13-14-28(29(36)17-27)31-20-43(19-22-6-11-24(12-7-22)30-18-33(44)42-41-30)32(40-31)15-8-21-4-9-23(10-5-21)25-2-1-3-26(16-25)34(37,38)39/h1-18,20H,19H2,(H2,41,42,44). The van der Waals surface area contributed by atoms with Gasteiger partial charge in [0.2, 0.25) is 0 Å². The van der Waals surface area contributed by atoms with Gasteiger partial charge in [-0.05, 0) is 64.2 Å². The predicted octanol–water partition coefficient (Wildman–Crippen LogP) is 9.44. The number of aromatic nitrogens is 4. The number of benzene rings is 4. The molecule has 4 aromatic carbocycles. The van der Waals surface area contributed by atoms with E-state index in [9.17, 15) is 18.0 Å². The molecule has 0 aliphatic heterocycles. The first kappa shape index (κ1) is 29.3. The maximum Gasteiger partial charge on any atom is 0.416 e. The monoisotopic (exact) mass is 630 g/mol. The Hall–Kier alpha value is -4.79. The Morgan fingerprint density at radius 1 is 0.795 bits per heavy atom. The molecule has 0 fully saturated rings. The van der Waals surface area contributed by atoms with Gasteiger partial charge in [-0.1, -0.05) is 89.9 Å². The summed E-state index contributed by atoms with van der Waals surface area (Å²) in [6.07, 6.45) is 1.29. The highest BCUT2D eigenvalue weighted by molar-refractivity contribution is 6.36. The average molecular weight is 631 g/mol. The summed E-state index contributed by atoms with van der Waals surface area (Å²) < 4.78 is 41.5. The van der Waals surface area contributed by atoms with E-state index in [1.807, 2.05) is 65.4 Å². The van der Waals surface area contributed by atoms with Gasteiger partial charge >= 0.3 is 6.18 Å². The van der Waals surface area contributed by atoms with Gasteiger partial charge in [0.1, 0.15) is 5.82 Å². The quantitative estimate of drug-likeness (QED) is 0.184. The number of alkyl halides is 3. The van der Waals surface area contributed by atoms with Gasteiger partial charge in [0.25, 0.3) is 5.56 Å². The molecule has 0 saturated heterocycles. The predicted molar refractivity (Wildman–Crippen MR) is 169 cm³/mol. The van der Waals surface area contributed by atoms with Crippen molar-refractivity contribution in [3.05, 3.63) is 146 Å². The maximum absolute atomic E-state index is 13.2. The fourth-order valence-corrected chi connectivity index (χ4v) is 5.33. The number of hydrogen-bond acceptors (Lipinski definition) is 2. The van der Waals surface area contributed by atoms with Gasteiger partial charge in [-0.3, -0.25) is 15.0 Å². The lowest BCUT2D eigenvalue weighted by atomic mass is 10.0. The van der Waals surface area contributed by atoms with Gasteiger partial charge < -0.3 is 4.57 Å². The number of halogens is 5. The molecular weight excluding hydrogens is 608 g/mol. The highest BCUT2D eigenvalue weighted by Gasteiger charge is 2.30. The number of nitrogens with one attached hydrogen (secondary N) is 2. The summed E-state index contributed by atoms with van der Waals surface area (Å²) in [5.41, 5.74) is 5.14. The van der Waals surface area contributed by atoms with Crippen molar-refractivity contribution in [2.75, 3.05) is 0 Å². The zero-order valence-electron chi connectivity index (χ0n) is 22.9. The van der Waals surface area contributed by atoms with Crippen LogP contribution in [0, 0.1) is 0 Å². The van der Waals surface area contributed by atoms with E-state index >= 15 is 0 Å². The minimum absolute atomic E-state index is 0.197. The van der Waals surface area contributed by atoms with Crippen LogP contribution < -0.4 is 5.56 Å². The van der Waals surface area contributed by atoms with Crippen molar-refractivity contribution in [1.29, 1.82) is 0 Å². The molecule has 0 radical (unpaired) electrons. The molecule has 5 nitrogen and oxygen atoms in total. The van der Waals surface area contributed by atoms with Crippen molar-refractivity contribution in [2.45, 2.75) is 12.7 Å². The van der Waals surface area contributed by atoms with Crippen LogP contribution in [0.5, 0.6) is 0 Å². The smallest absolute Gasteiger partial charge is 0.326 e. The van der Waals surface area contributed by atoms with Gasteiger partial charge in [-0.15, -0.1) is 0 Å². The Balaban J connectivity index is 1.29. The second-order valence-electron chi connectivity index (χ2n) is 10.1. The Labute approximate surface area is 260 Å². The van der Waals surface area contributed by atoms with Crippen molar-refractivity contribution in [3.63, 3.8) is 0 Å². The van der Waals surface area contributed by atoms with E-state index < -0.39 is 11.7 Å².